The van der Waals surface area contributed by atoms with Gasteiger partial charge in [-0.25, -0.2) is 4.98 Å². The molecule has 0 aliphatic carbocycles. The van der Waals surface area contributed by atoms with Crippen LogP contribution in [0.25, 0.3) is 0 Å². The van der Waals surface area contributed by atoms with Crippen LogP contribution in [0.1, 0.15) is 5.56 Å². The summed E-state index contributed by atoms with van der Waals surface area (Å²) >= 11 is 6.04. The van der Waals surface area contributed by atoms with E-state index in [-0.39, 0.29) is 5.95 Å². The Hall–Kier alpha value is -1.81. The zero-order valence-electron chi connectivity index (χ0n) is 9.47. The Balaban J connectivity index is 2.20. The lowest BCUT2D eigenvalue weighted by Gasteiger charge is -2.19. The van der Waals surface area contributed by atoms with Crippen LogP contribution in [0.5, 0.6) is 0 Å². The molecule has 0 amide bonds. The molecule has 2 rings (SSSR count). The lowest BCUT2D eigenvalue weighted by atomic mass is 10.2. The molecule has 0 spiro atoms. The fourth-order valence-corrected chi connectivity index (χ4v) is 1.81. The molecule has 88 valence electrons. The van der Waals surface area contributed by atoms with Crippen LogP contribution in [0, 0.1) is 0 Å². The molecular weight excluding hydrogens is 236 g/mol. The Bertz CT molecular complexity index is 501. The third-order valence-electron chi connectivity index (χ3n) is 2.37. The van der Waals surface area contributed by atoms with Crippen molar-refractivity contribution in [1.82, 2.24) is 9.97 Å². The Morgan fingerprint density at radius 2 is 2.00 bits per heavy atom. The summed E-state index contributed by atoms with van der Waals surface area (Å²) in [4.78, 5) is 9.91. The van der Waals surface area contributed by atoms with Gasteiger partial charge in [-0.05, 0) is 5.56 Å². The third kappa shape index (κ3) is 2.85. The van der Waals surface area contributed by atoms with Gasteiger partial charge in [0.05, 0.1) is 6.20 Å². The van der Waals surface area contributed by atoms with Gasteiger partial charge in [0.15, 0.2) is 5.82 Å². The number of rotatable bonds is 3. The Morgan fingerprint density at radius 3 is 2.71 bits per heavy atom. The quantitative estimate of drug-likeness (QED) is 0.906. The van der Waals surface area contributed by atoms with Crippen LogP contribution < -0.4 is 10.6 Å². The highest BCUT2D eigenvalue weighted by atomic mass is 35.5. The van der Waals surface area contributed by atoms with E-state index in [2.05, 4.69) is 22.1 Å². The SMILES string of the molecule is CN(Cc1ccccc1)c1nc(N)ncc1Cl. The molecule has 2 N–H and O–H groups in total. The van der Waals surface area contributed by atoms with Crippen molar-refractivity contribution < 1.29 is 0 Å². The number of halogens is 1. The van der Waals surface area contributed by atoms with Crippen molar-refractivity contribution in [2.24, 2.45) is 0 Å². The number of hydrogen-bond acceptors (Lipinski definition) is 4. The van der Waals surface area contributed by atoms with E-state index in [1.165, 1.54) is 11.8 Å². The normalized spacial score (nSPS) is 10.2. The molecule has 1 heterocycles. The van der Waals surface area contributed by atoms with Gasteiger partial charge < -0.3 is 10.6 Å². The number of anilines is 2. The monoisotopic (exact) mass is 248 g/mol. The number of nitrogens with two attached hydrogens (primary N) is 1. The van der Waals surface area contributed by atoms with Gasteiger partial charge in [0.1, 0.15) is 5.02 Å². The maximum atomic E-state index is 6.04. The van der Waals surface area contributed by atoms with Crippen molar-refractivity contribution in [3.05, 3.63) is 47.1 Å². The smallest absolute Gasteiger partial charge is 0.222 e. The maximum absolute atomic E-state index is 6.04. The summed E-state index contributed by atoms with van der Waals surface area (Å²) in [6.45, 7) is 0.719. The van der Waals surface area contributed by atoms with Crippen molar-refractivity contribution in [2.45, 2.75) is 6.54 Å². The molecule has 0 aliphatic heterocycles. The molecule has 0 fully saturated rings. The van der Waals surface area contributed by atoms with Gasteiger partial charge in [-0.15, -0.1) is 0 Å². The molecule has 0 aliphatic rings. The summed E-state index contributed by atoms with van der Waals surface area (Å²) < 4.78 is 0. The molecule has 0 atom stereocenters. The standard InChI is InChI=1S/C12H13ClN4/c1-17(8-9-5-3-2-4-6-9)11-10(13)7-15-12(14)16-11/h2-7H,8H2,1H3,(H2,14,15,16). The van der Waals surface area contributed by atoms with Crippen molar-refractivity contribution in [2.75, 3.05) is 17.7 Å². The van der Waals surface area contributed by atoms with Crippen molar-refractivity contribution in [3.63, 3.8) is 0 Å². The molecule has 0 bridgehead atoms. The number of nitrogens with zero attached hydrogens (tertiary/aromatic N) is 3. The first kappa shape index (κ1) is 11.7. The highest BCUT2D eigenvalue weighted by molar-refractivity contribution is 6.32. The Kier molecular flexibility index (Phi) is 3.44. The van der Waals surface area contributed by atoms with Gasteiger partial charge >= 0.3 is 0 Å². The second kappa shape index (κ2) is 5.01. The van der Waals surface area contributed by atoms with Crippen molar-refractivity contribution >= 4 is 23.4 Å². The Morgan fingerprint density at radius 1 is 1.29 bits per heavy atom. The first-order valence-corrected chi connectivity index (χ1v) is 5.57. The molecule has 1 aromatic heterocycles. The summed E-state index contributed by atoms with van der Waals surface area (Å²) in [5, 5.41) is 0.498. The number of aromatic nitrogens is 2. The highest BCUT2D eigenvalue weighted by Crippen LogP contribution is 2.23. The molecule has 17 heavy (non-hydrogen) atoms. The van der Waals surface area contributed by atoms with Crippen LogP contribution in [0.15, 0.2) is 36.5 Å². The first-order valence-electron chi connectivity index (χ1n) is 5.20. The average molecular weight is 249 g/mol. The summed E-state index contributed by atoms with van der Waals surface area (Å²) in [7, 11) is 1.92. The lowest BCUT2D eigenvalue weighted by Crippen LogP contribution is -2.18. The van der Waals surface area contributed by atoms with E-state index in [1.807, 2.05) is 30.1 Å². The number of benzene rings is 1. The molecule has 4 nitrogen and oxygen atoms in total. The average Bonchev–Trinajstić information content (AvgIpc) is 2.33. The van der Waals surface area contributed by atoms with E-state index in [0.717, 1.165) is 6.54 Å². The molecule has 2 aromatic rings. The minimum Gasteiger partial charge on any atom is -0.368 e. The van der Waals surface area contributed by atoms with Crippen molar-refractivity contribution in [1.29, 1.82) is 0 Å². The molecule has 0 radical (unpaired) electrons. The summed E-state index contributed by atoms with van der Waals surface area (Å²) in [5.41, 5.74) is 6.73. The van der Waals surface area contributed by atoms with Gasteiger partial charge in [-0.2, -0.15) is 4.98 Å². The van der Waals surface area contributed by atoms with E-state index in [4.69, 9.17) is 17.3 Å². The predicted octanol–water partition coefficient (Wildman–Crippen LogP) is 2.35. The van der Waals surface area contributed by atoms with E-state index in [9.17, 15) is 0 Å². The van der Waals surface area contributed by atoms with E-state index >= 15 is 0 Å². The van der Waals surface area contributed by atoms with E-state index in [1.54, 1.807) is 0 Å². The number of nitrogen functional groups attached to an aromatic ring is 1. The van der Waals surface area contributed by atoms with Gasteiger partial charge in [-0.1, -0.05) is 41.9 Å². The zero-order chi connectivity index (χ0) is 12.3. The van der Waals surface area contributed by atoms with E-state index in [0.29, 0.717) is 10.8 Å². The van der Waals surface area contributed by atoms with Gasteiger partial charge in [0.2, 0.25) is 5.95 Å². The maximum Gasteiger partial charge on any atom is 0.222 e. The molecule has 1 aromatic carbocycles. The van der Waals surface area contributed by atoms with Crippen LogP contribution >= 0.6 is 11.6 Å². The minimum absolute atomic E-state index is 0.226. The van der Waals surface area contributed by atoms with Crippen LogP contribution in [0.3, 0.4) is 0 Å². The fourth-order valence-electron chi connectivity index (χ4n) is 1.57. The first-order chi connectivity index (χ1) is 8.16. The van der Waals surface area contributed by atoms with E-state index < -0.39 is 0 Å². The second-order valence-electron chi connectivity index (χ2n) is 3.74. The van der Waals surface area contributed by atoms with Crippen LogP contribution in [-0.4, -0.2) is 17.0 Å². The van der Waals surface area contributed by atoms with Gasteiger partial charge in [0, 0.05) is 13.6 Å². The topological polar surface area (TPSA) is 55.0 Å². The van der Waals surface area contributed by atoms with Crippen LogP contribution in [0.2, 0.25) is 5.02 Å². The predicted molar refractivity (Wildman–Crippen MR) is 70.0 cm³/mol. The molecular formula is C12H13ClN4. The van der Waals surface area contributed by atoms with Gasteiger partial charge in [-0.3, -0.25) is 0 Å². The summed E-state index contributed by atoms with van der Waals surface area (Å²) in [6, 6.07) is 10.1. The molecule has 0 saturated carbocycles. The summed E-state index contributed by atoms with van der Waals surface area (Å²) in [5.74, 6) is 0.868. The molecule has 0 saturated heterocycles. The number of hydrogen-bond donors (Lipinski definition) is 1. The van der Waals surface area contributed by atoms with Crippen molar-refractivity contribution in [3.8, 4) is 0 Å². The lowest BCUT2D eigenvalue weighted by molar-refractivity contribution is 0.894. The third-order valence-corrected chi connectivity index (χ3v) is 2.63. The highest BCUT2D eigenvalue weighted by Gasteiger charge is 2.09. The van der Waals surface area contributed by atoms with Crippen LogP contribution in [0.4, 0.5) is 11.8 Å². The molecule has 5 heteroatoms. The van der Waals surface area contributed by atoms with Gasteiger partial charge in [0.25, 0.3) is 0 Å². The molecule has 0 unspecified atom stereocenters. The minimum atomic E-state index is 0.226. The van der Waals surface area contributed by atoms with Crippen LogP contribution in [-0.2, 0) is 6.54 Å². The fraction of sp³-hybridized carbons (Fsp3) is 0.167. The second-order valence-corrected chi connectivity index (χ2v) is 4.15. The largest absolute Gasteiger partial charge is 0.368 e. The zero-order valence-corrected chi connectivity index (χ0v) is 10.2. The summed E-state index contributed by atoms with van der Waals surface area (Å²) in [6.07, 6.45) is 1.51. The Labute approximate surface area is 105 Å².